The largest absolute Gasteiger partial charge is 0.416 e. The van der Waals surface area contributed by atoms with E-state index in [1.165, 1.54) is 25.1 Å². The summed E-state index contributed by atoms with van der Waals surface area (Å²) in [5, 5.41) is 6.56. The van der Waals surface area contributed by atoms with Gasteiger partial charge in [-0.05, 0) is 43.9 Å². The van der Waals surface area contributed by atoms with Crippen LogP contribution in [0.3, 0.4) is 0 Å². The zero-order chi connectivity index (χ0) is 19.8. The molecule has 2 aromatic rings. The fourth-order valence-corrected chi connectivity index (χ4v) is 2.77. The van der Waals surface area contributed by atoms with Crippen LogP contribution >= 0.6 is 0 Å². The molecule has 1 aromatic heterocycles. The summed E-state index contributed by atoms with van der Waals surface area (Å²) in [5.41, 5.74) is 4.50. The number of carbonyl (C=O) groups excluding carboxylic acids is 1. The van der Waals surface area contributed by atoms with Crippen LogP contribution in [0.15, 0.2) is 35.1 Å². The highest BCUT2D eigenvalue weighted by Gasteiger charge is 2.31. The number of halogens is 3. The van der Waals surface area contributed by atoms with Gasteiger partial charge in [-0.3, -0.25) is 9.59 Å². The Labute approximate surface area is 153 Å². The van der Waals surface area contributed by atoms with Gasteiger partial charge in [-0.1, -0.05) is 6.07 Å². The highest BCUT2D eigenvalue weighted by atomic mass is 19.4. The number of nitrogens with two attached hydrogens (primary N) is 1. The van der Waals surface area contributed by atoms with Crippen molar-refractivity contribution in [3.63, 3.8) is 0 Å². The van der Waals surface area contributed by atoms with Gasteiger partial charge in [0.05, 0.1) is 11.3 Å². The minimum absolute atomic E-state index is 0.103. The minimum atomic E-state index is -4.51. The number of hydrogen-bond acceptors (Lipinski definition) is 4. The Balaban J connectivity index is 1.90. The number of aromatic nitrogens is 2. The van der Waals surface area contributed by atoms with Crippen molar-refractivity contribution in [1.82, 2.24) is 15.1 Å². The Bertz CT molecular complexity index is 920. The van der Waals surface area contributed by atoms with Crippen LogP contribution in [0.1, 0.15) is 34.6 Å². The third kappa shape index (κ3) is 4.36. The maximum absolute atomic E-state index is 12.9. The number of nitrogens with zero attached hydrogens (tertiary/aromatic N) is 2. The molecule has 1 saturated carbocycles. The van der Waals surface area contributed by atoms with E-state index in [4.69, 9.17) is 5.73 Å². The van der Waals surface area contributed by atoms with Gasteiger partial charge in [-0.15, -0.1) is 0 Å². The molecule has 3 N–H and O–H groups in total. The van der Waals surface area contributed by atoms with Crippen molar-refractivity contribution in [1.29, 1.82) is 0 Å². The second-order valence-corrected chi connectivity index (χ2v) is 6.67. The van der Waals surface area contributed by atoms with Gasteiger partial charge in [0.2, 0.25) is 5.43 Å². The van der Waals surface area contributed by atoms with Gasteiger partial charge < -0.3 is 11.1 Å². The molecule has 1 aliphatic carbocycles. The number of rotatable bonds is 5. The molecule has 0 bridgehead atoms. The summed E-state index contributed by atoms with van der Waals surface area (Å²) in [6.07, 6.45) is -2.48. The number of carbonyl (C=O) groups is 1. The number of amides is 1. The van der Waals surface area contributed by atoms with Gasteiger partial charge in [0, 0.05) is 24.3 Å². The highest BCUT2D eigenvalue weighted by Crippen LogP contribution is 2.31. The Morgan fingerprint density at radius 2 is 2.07 bits per heavy atom. The van der Waals surface area contributed by atoms with E-state index in [1.54, 1.807) is 0 Å². The van der Waals surface area contributed by atoms with E-state index in [2.05, 4.69) is 10.4 Å². The monoisotopic (exact) mass is 380 g/mol. The van der Waals surface area contributed by atoms with E-state index in [9.17, 15) is 22.8 Å². The molecule has 1 heterocycles. The van der Waals surface area contributed by atoms with Crippen LogP contribution in [-0.2, 0) is 6.18 Å². The molecule has 9 heteroatoms. The molecule has 6 nitrogen and oxygen atoms in total. The molecule has 1 aliphatic rings. The lowest BCUT2D eigenvalue weighted by Gasteiger charge is -2.14. The summed E-state index contributed by atoms with van der Waals surface area (Å²) in [6, 6.07) is 5.49. The molecule has 0 spiro atoms. The van der Waals surface area contributed by atoms with Gasteiger partial charge in [0.25, 0.3) is 5.91 Å². The van der Waals surface area contributed by atoms with Crippen molar-refractivity contribution in [3.05, 3.63) is 57.5 Å². The maximum Gasteiger partial charge on any atom is 0.416 e. The molecule has 0 aliphatic heterocycles. The summed E-state index contributed by atoms with van der Waals surface area (Å²) < 4.78 is 40.0. The SMILES string of the molecule is Cc1cc(=O)c(C(=O)NCC(N)C2CC2)nn1-c1cccc(C(F)(F)F)c1. The van der Waals surface area contributed by atoms with E-state index in [0.717, 1.165) is 29.7 Å². The fourth-order valence-electron chi connectivity index (χ4n) is 2.77. The average molecular weight is 380 g/mol. The van der Waals surface area contributed by atoms with Gasteiger partial charge >= 0.3 is 6.18 Å². The average Bonchev–Trinajstić information content (AvgIpc) is 3.44. The zero-order valence-corrected chi connectivity index (χ0v) is 14.6. The van der Waals surface area contributed by atoms with Crippen LogP contribution in [0.25, 0.3) is 5.69 Å². The first-order valence-electron chi connectivity index (χ1n) is 8.49. The van der Waals surface area contributed by atoms with Crippen molar-refractivity contribution < 1.29 is 18.0 Å². The molecule has 1 fully saturated rings. The summed E-state index contributed by atoms with van der Waals surface area (Å²) in [7, 11) is 0. The number of nitrogens with one attached hydrogen (secondary N) is 1. The Morgan fingerprint density at radius 3 is 2.70 bits per heavy atom. The van der Waals surface area contributed by atoms with Crippen molar-refractivity contribution >= 4 is 5.91 Å². The second-order valence-electron chi connectivity index (χ2n) is 6.67. The zero-order valence-electron chi connectivity index (χ0n) is 14.6. The summed E-state index contributed by atoms with van der Waals surface area (Å²) in [4.78, 5) is 24.4. The molecule has 1 unspecified atom stereocenters. The van der Waals surface area contributed by atoms with E-state index >= 15 is 0 Å². The molecule has 0 radical (unpaired) electrons. The second kappa shape index (κ2) is 7.15. The van der Waals surface area contributed by atoms with Gasteiger partial charge in [-0.25, -0.2) is 4.68 Å². The first-order chi connectivity index (χ1) is 12.7. The predicted molar refractivity (Wildman–Crippen MR) is 92.6 cm³/mol. The number of alkyl halides is 3. The summed E-state index contributed by atoms with van der Waals surface area (Å²) in [5.74, 6) is -0.324. The van der Waals surface area contributed by atoms with Crippen LogP contribution in [0.4, 0.5) is 13.2 Å². The third-order valence-electron chi connectivity index (χ3n) is 4.47. The Kier molecular flexibility index (Phi) is 5.05. The number of benzene rings is 1. The Hall–Kier alpha value is -2.68. The quantitative estimate of drug-likeness (QED) is 0.831. The molecule has 1 atom stereocenters. The molecule has 3 rings (SSSR count). The lowest BCUT2D eigenvalue weighted by Crippen LogP contribution is -2.40. The lowest BCUT2D eigenvalue weighted by atomic mass is 10.2. The molecule has 1 amide bonds. The van der Waals surface area contributed by atoms with E-state index in [0.29, 0.717) is 11.6 Å². The van der Waals surface area contributed by atoms with Crippen molar-refractivity contribution in [2.45, 2.75) is 32.0 Å². The predicted octanol–water partition coefficient (Wildman–Crippen LogP) is 2.03. The minimum Gasteiger partial charge on any atom is -0.349 e. The summed E-state index contributed by atoms with van der Waals surface area (Å²) >= 11 is 0. The van der Waals surface area contributed by atoms with Crippen LogP contribution in [0.2, 0.25) is 0 Å². The topological polar surface area (TPSA) is 90.0 Å². The van der Waals surface area contributed by atoms with Crippen molar-refractivity contribution in [2.24, 2.45) is 11.7 Å². The molecule has 27 heavy (non-hydrogen) atoms. The first kappa shape index (κ1) is 19.1. The highest BCUT2D eigenvalue weighted by molar-refractivity contribution is 5.92. The molecular weight excluding hydrogens is 361 g/mol. The smallest absolute Gasteiger partial charge is 0.349 e. The molecule has 144 valence electrons. The Morgan fingerprint density at radius 1 is 1.37 bits per heavy atom. The first-order valence-corrected chi connectivity index (χ1v) is 8.49. The van der Waals surface area contributed by atoms with Crippen LogP contribution < -0.4 is 16.5 Å². The van der Waals surface area contributed by atoms with Crippen LogP contribution in [-0.4, -0.2) is 28.3 Å². The van der Waals surface area contributed by atoms with Crippen LogP contribution in [0, 0.1) is 12.8 Å². The van der Waals surface area contributed by atoms with Crippen molar-refractivity contribution in [3.8, 4) is 5.69 Å². The van der Waals surface area contributed by atoms with E-state index < -0.39 is 23.1 Å². The van der Waals surface area contributed by atoms with Gasteiger partial charge in [-0.2, -0.15) is 18.3 Å². The van der Waals surface area contributed by atoms with Gasteiger partial charge in [0.15, 0.2) is 5.69 Å². The van der Waals surface area contributed by atoms with Crippen LogP contribution in [0.5, 0.6) is 0 Å². The normalized spacial score (nSPS) is 15.4. The van der Waals surface area contributed by atoms with Crippen molar-refractivity contribution in [2.75, 3.05) is 6.54 Å². The molecular formula is C18H19F3N4O2. The molecule has 0 saturated heterocycles. The third-order valence-corrected chi connectivity index (χ3v) is 4.47. The van der Waals surface area contributed by atoms with E-state index in [1.807, 2.05) is 0 Å². The molecule has 1 aromatic carbocycles. The maximum atomic E-state index is 12.9. The van der Waals surface area contributed by atoms with E-state index in [-0.39, 0.29) is 24.0 Å². The lowest BCUT2D eigenvalue weighted by molar-refractivity contribution is -0.137. The number of hydrogen-bond donors (Lipinski definition) is 2. The summed E-state index contributed by atoms with van der Waals surface area (Å²) in [6.45, 7) is 1.74. The van der Waals surface area contributed by atoms with Gasteiger partial charge in [0.1, 0.15) is 0 Å². The standard InChI is InChI=1S/C18H19F3N4O2/c1-10-7-15(26)16(17(27)23-9-14(22)11-5-6-11)24-25(10)13-4-2-3-12(8-13)18(19,20)21/h2-4,7-8,11,14H,5-6,9,22H2,1H3,(H,23,27). The fraction of sp³-hybridized carbons (Fsp3) is 0.389. The number of aryl methyl sites for hydroxylation is 1.